The molecule has 1 aromatic rings. The lowest BCUT2D eigenvalue weighted by Gasteiger charge is -2.15. The van der Waals surface area contributed by atoms with Crippen LogP contribution >= 0.6 is 12.4 Å². The summed E-state index contributed by atoms with van der Waals surface area (Å²) < 4.78 is 51.1. The molecule has 1 aliphatic rings. The van der Waals surface area contributed by atoms with Gasteiger partial charge in [-0.2, -0.15) is 4.31 Å². The summed E-state index contributed by atoms with van der Waals surface area (Å²) in [5.74, 6) is -1.82. The minimum Gasteiger partial charge on any atom is -0.326 e. The summed E-state index contributed by atoms with van der Waals surface area (Å²) in [6.07, 6.45) is 0.553. The number of rotatable bonds is 2. The van der Waals surface area contributed by atoms with E-state index in [0.29, 0.717) is 12.5 Å². The topological polar surface area (TPSA) is 63.4 Å². The van der Waals surface area contributed by atoms with Gasteiger partial charge in [0.05, 0.1) is 4.90 Å². The molecular formula is C10H13ClF2N2O2S. The highest BCUT2D eigenvalue weighted by Gasteiger charge is 2.31. The van der Waals surface area contributed by atoms with Crippen molar-refractivity contribution in [1.29, 1.82) is 0 Å². The fourth-order valence-electron chi connectivity index (χ4n) is 1.80. The maximum Gasteiger partial charge on any atom is 0.243 e. The Morgan fingerprint density at radius 1 is 1.22 bits per heavy atom. The van der Waals surface area contributed by atoms with E-state index >= 15 is 0 Å². The van der Waals surface area contributed by atoms with Crippen LogP contribution in [0.2, 0.25) is 0 Å². The van der Waals surface area contributed by atoms with Gasteiger partial charge in [-0.25, -0.2) is 17.2 Å². The number of hydrogen-bond acceptors (Lipinski definition) is 3. The zero-order chi connectivity index (χ0) is 12.6. The number of nitrogens with zero attached hydrogens (tertiary/aromatic N) is 1. The minimum atomic E-state index is -3.84. The molecule has 102 valence electrons. The summed E-state index contributed by atoms with van der Waals surface area (Å²) >= 11 is 0. The van der Waals surface area contributed by atoms with Crippen LogP contribution < -0.4 is 5.73 Å². The predicted molar refractivity (Wildman–Crippen MR) is 65.0 cm³/mol. The summed E-state index contributed by atoms with van der Waals surface area (Å²) in [4.78, 5) is -0.371. The van der Waals surface area contributed by atoms with Crippen molar-refractivity contribution in [2.24, 2.45) is 5.73 Å². The van der Waals surface area contributed by atoms with Crippen LogP contribution in [0.25, 0.3) is 0 Å². The second kappa shape index (κ2) is 5.48. The van der Waals surface area contributed by atoms with Crippen LogP contribution in [-0.4, -0.2) is 31.9 Å². The number of sulfonamides is 1. The fraction of sp³-hybridized carbons (Fsp3) is 0.400. The molecule has 0 amide bonds. The summed E-state index contributed by atoms with van der Waals surface area (Å²) in [6.45, 7) is 0.460. The Hall–Kier alpha value is -0.760. The molecule has 0 aromatic heterocycles. The molecule has 0 saturated carbocycles. The van der Waals surface area contributed by atoms with Gasteiger partial charge in [-0.05, 0) is 18.6 Å². The molecule has 0 aliphatic carbocycles. The van der Waals surface area contributed by atoms with Gasteiger partial charge < -0.3 is 5.73 Å². The van der Waals surface area contributed by atoms with Gasteiger partial charge in [-0.1, -0.05) is 0 Å². The molecule has 1 atom stereocenters. The van der Waals surface area contributed by atoms with Gasteiger partial charge in [-0.15, -0.1) is 12.4 Å². The fourth-order valence-corrected chi connectivity index (χ4v) is 3.35. The highest BCUT2D eigenvalue weighted by Crippen LogP contribution is 2.21. The number of hydrogen-bond donors (Lipinski definition) is 1. The van der Waals surface area contributed by atoms with Gasteiger partial charge in [0, 0.05) is 25.2 Å². The van der Waals surface area contributed by atoms with E-state index in [4.69, 9.17) is 5.73 Å². The first-order valence-corrected chi connectivity index (χ1v) is 6.55. The van der Waals surface area contributed by atoms with E-state index in [9.17, 15) is 17.2 Å². The minimum absolute atomic E-state index is 0. The summed E-state index contributed by atoms with van der Waals surface area (Å²) in [6, 6.07) is 2.03. The Balaban J connectivity index is 0.00000162. The third-order valence-corrected chi connectivity index (χ3v) is 4.50. The van der Waals surface area contributed by atoms with Crippen LogP contribution in [0.1, 0.15) is 6.42 Å². The standard InChI is InChI=1S/C10H12F2N2O2S.ClH/c11-7-3-8(12)5-10(4-7)17(15,16)14-2-1-9(13)6-14;/h3-5,9H,1-2,6,13H2;1H/t9-;/m0./s1. The van der Waals surface area contributed by atoms with E-state index in [1.54, 1.807) is 0 Å². The molecule has 18 heavy (non-hydrogen) atoms. The second-order valence-electron chi connectivity index (χ2n) is 4.02. The molecular weight excluding hydrogens is 286 g/mol. The van der Waals surface area contributed by atoms with Crippen LogP contribution in [-0.2, 0) is 10.0 Å². The van der Waals surface area contributed by atoms with Gasteiger partial charge in [0.1, 0.15) is 11.6 Å². The lowest BCUT2D eigenvalue weighted by atomic mass is 10.3. The van der Waals surface area contributed by atoms with Crippen molar-refractivity contribution in [1.82, 2.24) is 4.31 Å². The molecule has 1 heterocycles. The summed E-state index contributed by atoms with van der Waals surface area (Å²) in [5, 5.41) is 0. The molecule has 0 bridgehead atoms. The highest BCUT2D eigenvalue weighted by molar-refractivity contribution is 7.89. The Kier molecular flexibility index (Phi) is 4.66. The molecule has 0 unspecified atom stereocenters. The first kappa shape index (κ1) is 15.3. The van der Waals surface area contributed by atoms with Crippen LogP contribution in [0.5, 0.6) is 0 Å². The molecule has 0 spiro atoms. The Morgan fingerprint density at radius 2 is 1.78 bits per heavy atom. The predicted octanol–water partition coefficient (Wildman–Crippen LogP) is 1.11. The summed E-state index contributed by atoms with van der Waals surface area (Å²) in [7, 11) is -3.84. The van der Waals surface area contributed by atoms with E-state index in [1.165, 1.54) is 0 Å². The van der Waals surface area contributed by atoms with Crippen LogP contribution in [0.3, 0.4) is 0 Å². The molecule has 1 fully saturated rings. The van der Waals surface area contributed by atoms with Gasteiger partial charge in [-0.3, -0.25) is 0 Å². The quantitative estimate of drug-likeness (QED) is 0.889. The SMILES string of the molecule is Cl.N[C@H]1CCN(S(=O)(=O)c2cc(F)cc(F)c2)C1. The van der Waals surface area contributed by atoms with Crippen LogP contribution in [0, 0.1) is 11.6 Å². The lowest BCUT2D eigenvalue weighted by molar-refractivity contribution is 0.470. The van der Waals surface area contributed by atoms with Gasteiger partial charge in [0.2, 0.25) is 10.0 Å². The second-order valence-corrected chi connectivity index (χ2v) is 5.95. The van der Waals surface area contributed by atoms with Crippen molar-refractivity contribution in [2.45, 2.75) is 17.4 Å². The third kappa shape index (κ3) is 2.97. The van der Waals surface area contributed by atoms with E-state index in [-0.39, 0.29) is 36.4 Å². The van der Waals surface area contributed by atoms with E-state index < -0.39 is 21.7 Å². The molecule has 4 nitrogen and oxygen atoms in total. The molecule has 1 aliphatic heterocycles. The van der Waals surface area contributed by atoms with Crippen molar-refractivity contribution in [3.63, 3.8) is 0 Å². The molecule has 0 radical (unpaired) electrons. The van der Waals surface area contributed by atoms with Gasteiger partial charge in [0.25, 0.3) is 0 Å². The zero-order valence-corrected chi connectivity index (χ0v) is 11.0. The molecule has 1 aromatic carbocycles. The molecule has 2 rings (SSSR count). The van der Waals surface area contributed by atoms with Gasteiger partial charge in [0.15, 0.2) is 0 Å². The Labute approximate surface area is 110 Å². The zero-order valence-electron chi connectivity index (χ0n) is 9.34. The normalized spacial score (nSPS) is 20.7. The number of nitrogens with two attached hydrogens (primary N) is 1. The van der Waals surface area contributed by atoms with Crippen molar-refractivity contribution < 1.29 is 17.2 Å². The Morgan fingerprint density at radius 3 is 2.22 bits per heavy atom. The first-order valence-electron chi connectivity index (χ1n) is 5.11. The van der Waals surface area contributed by atoms with Crippen molar-refractivity contribution in [3.05, 3.63) is 29.8 Å². The first-order chi connectivity index (χ1) is 7.89. The van der Waals surface area contributed by atoms with Crippen molar-refractivity contribution in [2.75, 3.05) is 13.1 Å². The average Bonchev–Trinajstić information content (AvgIpc) is 2.64. The van der Waals surface area contributed by atoms with Crippen LogP contribution in [0.15, 0.2) is 23.1 Å². The third-order valence-electron chi connectivity index (χ3n) is 2.66. The van der Waals surface area contributed by atoms with Gasteiger partial charge >= 0.3 is 0 Å². The Bertz CT molecular complexity index is 518. The molecule has 8 heteroatoms. The van der Waals surface area contributed by atoms with Crippen molar-refractivity contribution in [3.8, 4) is 0 Å². The highest BCUT2D eigenvalue weighted by atomic mass is 35.5. The van der Waals surface area contributed by atoms with E-state index in [0.717, 1.165) is 16.4 Å². The monoisotopic (exact) mass is 298 g/mol. The number of benzene rings is 1. The molecule has 2 N–H and O–H groups in total. The van der Waals surface area contributed by atoms with Crippen LogP contribution in [0.4, 0.5) is 8.78 Å². The van der Waals surface area contributed by atoms with E-state index in [2.05, 4.69) is 0 Å². The van der Waals surface area contributed by atoms with E-state index in [1.807, 2.05) is 0 Å². The van der Waals surface area contributed by atoms with Crippen molar-refractivity contribution >= 4 is 22.4 Å². The smallest absolute Gasteiger partial charge is 0.243 e. The average molecular weight is 299 g/mol. The largest absolute Gasteiger partial charge is 0.326 e. The summed E-state index contributed by atoms with van der Waals surface area (Å²) in [5.41, 5.74) is 5.61. The maximum absolute atomic E-state index is 13.0. The molecule has 1 saturated heterocycles. The number of halogens is 3. The lowest BCUT2D eigenvalue weighted by Crippen LogP contribution is -2.32. The maximum atomic E-state index is 13.0.